The van der Waals surface area contributed by atoms with Gasteiger partial charge in [0.1, 0.15) is 5.84 Å². The van der Waals surface area contributed by atoms with Gasteiger partial charge in [0.05, 0.1) is 0 Å². The second-order valence-electron chi connectivity index (χ2n) is 3.57. The van der Waals surface area contributed by atoms with Crippen LogP contribution in [-0.4, -0.2) is 17.6 Å². The molecule has 1 atom stereocenters. The minimum absolute atomic E-state index is 0.212. The van der Waals surface area contributed by atoms with Gasteiger partial charge in [0.15, 0.2) is 0 Å². The summed E-state index contributed by atoms with van der Waals surface area (Å²) in [5.74, 6) is 0.232. The maximum atomic E-state index is 8.37. The summed E-state index contributed by atoms with van der Waals surface area (Å²) in [7, 11) is 0. The van der Waals surface area contributed by atoms with E-state index in [-0.39, 0.29) is 11.9 Å². The van der Waals surface area contributed by atoms with Crippen molar-refractivity contribution in [2.24, 2.45) is 10.9 Å². The Kier molecular flexibility index (Phi) is 5.08. The average molecular weight is 242 g/mol. The summed E-state index contributed by atoms with van der Waals surface area (Å²) in [6.07, 6.45) is 0.522. The molecule has 1 rings (SSSR count). The van der Waals surface area contributed by atoms with Crippen LogP contribution in [0.1, 0.15) is 24.9 Å². The maximum absolute atomic E-state index is 8.37. The lowest BCUT2D eigenvalue weighted by atomic mass is 10.1. The predicted molar refractivity (Wildman–Crippen MR) is 65.9 cm³/mol. The van der Waals surface area contributed by atoms with E-state index in [1.807, 2.05) is 24.3 Å². The molecule has 88 valence electrons. The molecule has 0 aliphatic rings. The molecule has 0 saturated carbocycles. The van der Waals surface area contributed by atoms with Crippen molar-refractivity contribution in [1.29, 1.82) is 0 Å². The summed E-state index contributed by atoms with van der Waals surface area (Å²) in [5, 5.41) is 15.3. The smallest absolute Gasteiger partial charge is 0.140 e. The number of nitrogens with zero attached hydrogens (tertiary/aromatic N) is 1. The van der Waals surface area contributed by atoms with E-state index in [1.54, 1.807) is 0 Å². The molecule has 0 aliphatic carbocycles. The summed E-state index contributed by atoms with van der Waals surface area (Å²) in [5.41, 5.74) is 6.52. The van der Waals surface area contributed by atoms with E-state index in [0.29, 0.717) is 13.0 Å². The van der Waals surface area contributed by atoms with Gasteiger partial charge in [-0.25, -0.2) is 0 Å². The Balaban J connectivity index is 2.40. The van der Waals surface area contributed by atoms with Crippen molar-refractivity contribution in [3.05, 3.63) is 34.9 Å². The minimum atomic E-state index is 0.212. The van der Waals surface area contributed by atoms with E-state index in [4.69, 9.17) is 22.5 Å². The Morgan fingerprint density at radius 3 is 2.69 bits per heavy atom. The maximum Gasteiger partial charge on any atom is 0.140 e. The third kappa shape index (κ3) is 4.08. The molecule has 0 aromatic heterocycles. The molecular formula is C11H16ClN3O. The SMILES string of the molecule is CC(NCCC(N)=NO)c1ccc(Cl)cc1. The van der Waals surface area contributed by atoms with E-state index >= 15 is 0 Å². The van der Waals surface area contributed by atoms with Gasteiger partial charge >= 0.3 is 0 Å². The van der Waals surface area contributed by atoms with E-state index in [1.165, 1.54) is 0 Å². The molecule has 0 amide bonds. The zero-order valence-corrected chi connectivity index (χ0v) is 9.91. The number of nitrogens with one attached hydrogen (secondary N) is 1. The fraction of sp³-hybridized carbons (Fsp3) is 0.364. The van der Waals surface area contributed by atoms with Crippen LogP contribution in [0.5, 0.6) is 0 Å². The molecule has 0 saturated heterocycles. The van der Waals surface area contributed by atoms with Gasteiger partial charge in [-0.05, 0) is 24.6 Å². The fourth-order valence-corrected chi connectivity index (χ4v) is 1.46. The molecular weight excluding hydrogens is 226 g/mol. The summed E-state index contributed by atoms with van der Waals surface area (Å²) in [6, 6.07) is 7.88. The van der Waals surface area contributed by atoms with Crippen LogP contribution in [-0.2, 0) is 0 Å². The Morgan fingerprint density at radius 1 is 1.50 bits per heavy atom. The van der Waals surface area contributed by atoms with Gasteiger partial charge in [-0.1, -0.05) is 28.9 Å². The lowest BCUT2D eigenvalue weighted by Gasteiger charge is -2.13. The van der Waals surface area contributed by atoms with Gasteiger partial charge in [0.2, 0.25) is 0 Å². The van der Waals surface area contributed by atoms with Gasteiger partial charge in [-0.2, -0.15) is 0 Å². The van der Waals surface area contributed by atoms with Crippen LogP contribution in [0.25, 0.3) is 0 Å². The molecule has 1 aromatic rings. The summed E-state index contributed by atoms with van der Waals surface area (Å²) in [4.78, 5) is 0. The molecule has 0 fully saturated rings. The highest BCUT2D eigenvalue weighted by Gasteiger charge is 2.04. The van der Waals surface area contributed by atoms with E-state index in [9.17, 15) is 0 Å². The first-order chi connectivity index (χ1) is 7.63. The fourth-order valence-electron chi connectivity index (χ4n) is 1.34. The van der Waals surface area contributed by atoms with Gasteiger partial charge in [-0.3, -0.25) is 0 Å². The van der Waals surface area contributed by atoms with Crippen LogP contribution < -0.4 is 11.1 Å². The third-order valence-electron chi connectivity index (χ3n) is 2.33. The lowest BCUT2D eigenvalue weighted by molar-refractivity contribution is 0.316. The number of hydrogen-bond donors (Lipinski definition) is 3. The Morgan fingerprint density at radius 2 is 2.12 bits per heavy atom. The van der Waals surface area contributed by atoms with Gasteiger partial charge in [0.25, 0.3) is 0 Å². The van der Waals surface area contributed by atoms with Crippen LogP contribution in [0.15, 0.2) is 29.4 Å². The van der Waals surface area contributed by atoms with Crippen molar-refractivity contribution in [3.8, 4) is 0 Å². The van der Waals surface area contributed by atoms with Crippen molar-refractivity contribution in [2.45, 2.75) is 19.4 Å². The Hall–Kier alpha value is -1.26. The highest BCUT2D eigenvalue weighted by Crippen LogP contribution is 2.15. The highest BCUT2D eigenvalue weighted by molar-refractivity contribution is 6.30. The topological polar surface area (TPSA) is 70.6 Å². The van der Waals surface area contributed by atoms with Crippen LogP contribution in [0.4, 0.5) is 0 Å². The van der Waals surface area contributed by atoms with Crippen LogP contribution in [0, 0.1) is 0 Å². The van der Waals surface area contributed by atoms with Crippen LogP contribution in [0.2, 0.25) is 5.02 Å². The summed E-state index contributed by atoms with van der Waals surface area (Å²) < 4.78 is 0. The number of halogens is 1. The average Bonchev–Trinajstić information content (AvgIpc) is 2.29. The largest absolute Gasteiger partial charge is 0.409 e. The van der Waals surface area contributed by atoms with Crippen molar-refractivity contribution < 1.29 is 5.21 Å². The monoisotopic (exact) mass is 241 g/mol. The van der Waals surface area contributed by atoms with Gasteiger partial charge in [0, 0.05) is 24.0 Å². The first kappa shape index (κ1) is 12.8. The number of benzene rings is 1. The molecule has 0 heterocycles. The third-order valence-corrected chi connectivity index (χ3v) is 2.58. The van der Waals surface area contributed by atoms with Gasteiger partial charge < -0.3 is 16.3 Å². The molecule has 4 N–H and O–H groups in total. The number of hydrogen-bond acceptors (Lipinski definition) is 3. The van der Waals surface area contributed by atoms with Gasteiger partial charge in [-0.15, -0.1) is 0 Å². The predicted octanol–water partition coefficient (Wildman–Crippen LogP) is 2.13. The molecule has 1 unspecified atom stereocenters. The van der Waals surface area contributed by atoms with Crippen molar-refractivity contribution in [1.82, 2.24) is 5.32 Å². The lowest BCUT2D eigenvalue weighted by Crippen LogP contribution is -2.24. The number of oxime groups is 1. The molecule has 0 bridgehead atoms. The molecule has 4 nitrogen and oxygen atoms in total. The number of amidine groups is 1. The van der Waals surface area contributed by atoms with E-state index < -0.39 is 0 Å². The first-order valence-electron chi connectivity index (χ1n) is 5.08. The van der Waals surface area contributed by atoms with Crippen LogP contribution >= 0.6 is 11.6 Å². The molecule has 0 radical (unpaired) electrons. The Labute approximate surface area is 100 Å². The molecule has 5 heteroatoms. The molecule has 1 aromatic carbocycles. The molecule has 0 spiro atoms. The highest BCUT2D eigenvalue weighted by atomic mass is 35.5. The van der Waals surface area contributed by atoms with Crippen LogP contribution in [0.3, 0.4) is 0 Å². The standard InChI is InChI=1S/C11H16ClN3O/c1-8(14-7-6-11(13)15-16)9-2-4-10(12)5-3-9/h2-5,8,14,16H,6-7H2,1H3,(H2,13,15). The zero-order valence-electron chi connectivity index (χ0n) is 9.15. The van der Waals surface area contributed by atoms with Crippen molar-refractivity contribution in [2.75, 3.05) is 6.54 Å². The molecule has 16 heavy (non-hydrogen) atoms. The molecule has 0 aliphatic heterocycles. The quantitative estimate of drug-likeness (QED) is 0.320. The zero-order chi connectivity index (χ0) is 12.0. The van der Waals surface area contributed by atoms with E-state index in [2.05, 4.69) is 17.4 Å². The van der Waals surface area contributed by atoms with E-state index in [0.717, 1.165) is 10.6 Å². The van der Waals surface area contributed by atoms with Crippen molar-refractivity contribution in [3.63, 3.8) is 0 Å². The summed E-state index contributed by atoms with van der Waals surface area (Å²) >= 11 is 5.80. The normalized spacial score (nSPS) is 13.8. The second-order valence-corrected chi connectivity index (χ2v) is 4.01. The minimum Gasteiger partial charge on any atom is -0.409 e. The van der Waals surface area contributed by atoms with Crippen molar-refractivity contribution >= 4 is 17.4 Å². The number of rotatable bonds is 5. The summed E-state index contributed by atoms with van der Waals surface area (Å²) in [6.45, 7) is 2.72. The second kappa shape index (κ2) is 6.35. The Bertz CT molecular complexity index is 351. The number of nitrogens with two attached hydrogens (primary N) is 1. The first-order valence-corrected chi connectivity index (χ1v) is 5.46.